The number of nitrogens with one attached hydrogen (secondary N) is 1. The van der Waals surface area contributed by atoms with E-state index in [0.717, 1.165) is 0 Å². The predicted molar refractivity (Wildman–Crippen MR) is 66.3 cm³/mol. The highest BCUT2D eigenvalue weighted by atomic mass is 79.9. The summed E-state index contributed by atoms with van der Waals surface area (Å²) in [5, 5.41) is 0.410. The van der Waals surface area contributed by atoms with Crippen LogP contribution in [0.1, 0.15) is 17.3 Å². The number of aromatic nitrogens is 1. The highest BCUT2D eigenvalue weighted by molar-refractivity contribution is 9.10. The minimum absolute atomic E-state index is 0.107. The summed E-state index contributed by atoms with van der Waals surface area (Å²) in [5.74, 6) is -0.930. The van der Waals surface area contributed by atoms with Gasteiger partial charge in [-0.3, -0.25) is 0 Å². The molecule has 17 heavy (non-hydrogen) atoms. The van der Waals surface area contributed by atoms with Gasteiger partial charge in [0.25, 0.3) is 0 Å². The molecule has 6 heteroatoms. The number of carbonyl (C=O) groups is 1. The van der Waals surface area contributed by atoms with Gasteiger partial charge >= 0.3 is 5.97 Å². The Hall–Kier alpha value is -1.56. The van der Waals surface area contributed by atoms with E-state index in [1.165, 1.54) is 6.07 Å². The van der Waals surface area contributed by atoms with Gasteiger partial charge in [-0.15, -0.1) is 0 Å². The van der Waals surface area contributed by atoms with Crippen LogP contribution in [0.3, 0.4) is 0 Å². The van der Waals surface area contributed by atoms with E-state index in [-0.39, 0.29) is 23.5 Å². The summed E-state index contributed by atoms with van der Waals surface area (Å²) in [6.07, 6.45) is 0. The fourth-order valence-corrected chi connectivity index (χ4v) is 2.09. The Morgan fingerprint density at radius 3 is 2.94 bits per heavy atom. The quantitative estimate of drug-likeness (QED) is 0.838. The van der Waals surface area contributed by atoms with Crippen LogP contribution in [0.25, 0.3) is 10.9 Å². The molecule has 0 saturated carbocycles. The number of anilines is 1. The standard InChI is InChI=1S/C11H10BrFN2O2/c1-2-17-11(16)8-6-3-5(12)4-7(13)9(6)15-10(8)14/h3-4,15H,2,14H2,1H3. The minimum Gasteiger partial charge on any atom is -0.462 e. The molecular weight excluding hydrogens is 291 g/mol. The number of halogens is 2. The number of H-pyrrole nitrogens is 1. The predicted octanol–water partition coefficient (Wildman–Crippen LogP) is 2.83. The Morgan fingerprint density at radius 2 is 2.29 bits per heavy atom. The van der Waals surface area contributed by atoms with Gasteiger partial charge in [0.1, 0.15) is 17.2 Å². The molecule has 0 amide bonds. The summed E-state index contributed by atoms with van der Waals surface area (Å²) < 4.78 is 19.0. The molecule has 3 N–H and O–H groups in total. The van der Waals surface area contributed by atoms with E-state index < -0.39 is 11.8 Å². The molecule has 0 unspecified atom stereocenters. The Bertz CT molecular complexity index is 595. The maximum atomic E-state index is 13.6. The van der Waals surface area contributed by atoms with E-state index in [2.05, 4.69) is 20.9 Å². The molecule has 4 nitrogen and oxygen atoms in total. The lowest BCUT2D eigenvalue weighted by atomic mass is 10.1. The number of fused-ring (bicyclic) bond motifs is 1. The molecule has 2 rings (SSSR count). The van der Waals surface area contributed by atoms with Crippen molar-refractivity contribution in [1.29, 1.82) is 0 Å². The van der Waals surface area contributed by atoms with E-state index in [0.29, 0.717) is 9.86 Å². The van der Waals surface area contributed by atoms with Crippen molar-refractivity contribution in [2.45, 2.75) is 6.92 Å². The molecule has 0 radical (unpaired) electrons. The summed E-state index contributed by atoms with van der Waals surface area (Å²) in [4.78, 5) is 14.3. The summed E-state index contributed by atoms with van der Waals surface area (Å²) >= 11 is 3.17. The summed E-state index contributed by atoms with van der Waals surface area (Å²) in [7, 11) is 0. The monoisotopic (exact) mass is 300 g/mol. The molecule has 0 aliphatic carbocycles. The van der Waals surface area contributed by atoms with Gasteiger partial charge in [-0.2, -0.15) is 0 Å². The first-order valence-electron chi connectivity index (χ1n) is 4.98. The van der Waals surface area contributed by atoms with Crippen molar-refractivity contribution in [3.05, 3.63) is 28.0 Å². The van der Waals surface area contributed by atoms with Crippen LogP contribution in [0.2, 0.25) is 0 Å². The van der Waals surface area contributed by atoms with E-state index in [1.54, 1.807) is 13.0 Å². The number of aromatic amines is 1. The fourth-order valence-electron chi connectivity index (χ4n) is 1.66. The molecule has 1 heterocycles. The molecule has 1 aromatic carbocycles. The molecule has 1 aromatic heterocycles. The second-order valence-electron chi connectivity index (χ2n) is 3.44. The van der Waals surface area contributed by atoms with Crippen molar-refractivity contribution in [1.82, 2.24) is 4.98 Å². The zero-order chi connectivity index (χ0) is 12.6. The van der Waals surface area contributed by atoms with Gasteiger partial charge < -0.3 is 15.5 Å². The smallest absolute Gasteiger partial charge is 0.342 e. The van der Waals surface area contributed by atoms with Gasteiger partial charge in [-0.05, 0) is 19.1 Å². The number of hydrogen-bond donors (Lipinski definition) is 2. The Morgan fingerprint density at radius 1 is 1.59 bits per heavy atom. The topological polar surface area (TPSA) is 68.1 Å². The van der Waals surface area contributed by atoms with E-state index in [4.69, 9.17) is 10.5 Å². The number of carbonyl (C=O) groups excluding carboxylic acids is 1. The first-order chi connectivity index (χ1) is 8.04. The van der Waals surface area contributed by atoms with Crippen LogP contribution in [0.5, 0.6) is 0 Å². The van der Waals surface area contributed by atoms with Crippen LogP contribution >= 0.6 is 15.9 Å². The molecular formula is C11H10BrFN2O2. The average molecular weight is 301 g/mol. The molecule has 0 fully saturated rings. The fraction of sp³-hybridized carbons (Fsp3) is 0.182. The first kappa shape index (κ1) is 11.9. The molecule has 0 aliphatic rings. The molecule has 0 saturated heterocycles. The number of esters is 1. The van der Waals surface area contributed by atoms with Crippen molar-refractivity contribution >= 4 is 38.6 Å². The number of benzene rings is 1. The summed E-state index contributed by atoms with van der Waals surface area (Å²) in [6, 6.07) is 2.92. The molecule has 0 bridgehead atoms. The highest BCUT2D eigenvalue weighted by Crippen LogP contribution is 2.30. The minimum atomic E-state index is -0.561. The third-order valence-corrected chi connectivity index (χ3v) is 2.79. The number of rotatable bonds is 2. The summed E-state index contributed by atoms with van der Waals surface area (Å²) in [6.45, 7) is 1.93. The van der Waals surface area contributed by atoms with Gasteiger partial charge in [0.05, 0.1) is 12.1 Å². The second kappa shape index (κ2) is 4.37. The third kappa shape index (κ3) is 2.00. The molecule has 2 aromatic rings. The summed E-state index contributed by atoms with van der Waals surface area (Å²) in [5.41, 5.74) is 6.04. The zero-order valence-corrected chi connectivity index (χ0v) is 10.6. The zero-order valence-electron chi connectivity index (χ0n) is 9.01. The normalized spacial score (nSPS) is 10.8. The van der Waals surface area contributed by atoms with Crippen LogP contribution in [-0.2, 0) is 4.74 Å². The number of nitrogens with two attached hydrogens (primary N) is 1. The van der Waals surface area contributed by atoms with Gasteiger partial charge in [-0.1, -0.05) is 15.9 Å². The maximum Gasteiger partial charge on any atom is 0.342 e. The maximum absolute atomic E-state index is 13.6. The molecule has 0 aliphatic heterocycles. The van der Waals surface area contributed by atoms with E-state index >= 15 is 0 Å². The van der Waals surface area contributed by atoms with Crippen LogP contribution in [0.4, 0.5) is 10.2 Å². The van der Waals surface area contributed by atoms with E-state index in [9.17, 15) is 9.18 Å². The number of nitrogen functional groups attached to an aromatic ring is 1. The van der Waals surface area contributed by atoms with Gasteiger partial charge in [0.15, 0.2) is 0 Å². The third-order valence-electron chi connectivity index (χ3n) is 2.33. The average Bonchev–Trinajstić information content (AvgIpc) is 2.55. The van der Waals surface area contributed by atoms with Gasteiger partial charge in [0, 0.05) is 9.86 Å². The molecule has 0 spiro atoms. The lowest BCUT2D eigenvalue weighted by Crippen LogP contribution is -2.06. The molecule has 90 valence electrons. The number of ether oxygens (including phenoxy) is 1. The second-order valence-corrected chi connectivity index (χ2v) is 4.36. The van der Waals surface area contributed by atoms with Gasteiger partial charge in [-0.25, -0.2) is 9.18 Å². The van der Waals surface area contributed by atoms with Crippen molar-refractivity contribution in [3.63, 3.8) is 0 Å². The van der Waals surface area contributed by atoms with Gasteiger partial charge in [0.2, 0.25) is 0 Å². The number of hydrogen-bond acceptors (Lipinski definition) is 3. The van der Waals surface area contributed by atoms with Crippen molar-refractivity contribution < 1.29 is 13.9 Å². The SMILES string of the molecule is CCOC(=O)c1c(N)[nH]c2c(F)cc(Br)cc12. The van der Waals surface area contributed by atoms with Crippen LogP contribution in [0, 0.1) is 5.82 Å². The Balaban J connectivity index is 2.70. The van der Waals surface area contributed by atoms with Crippen LogP contribution in [-0.4, -0.2) is 17.6 Å². The Labute approximate surface area is 105 Å². The van der Waals surface area contributed by atoms with Crippen molar-refractivity contribution in [2.75, 3.05) is 12.3 Å². The van der Waals surface area contributed by atoms with Crippen LogP contribution in [0.15, 0.2) is 16.6 Å². The van der Waals surface area contributed by atoms with E-state index in [1.807, 2.05) is 0 Å². The Kier molecular flexibility index (Phi) is 3.06. The lowest BCUT2D eigenvalue weighted by Gasteiger charge is -2.01. The van der Waals surface area contributed by atoms with Crippen LogP contribution < -0.4 is 5.73 Å². The first-order valence-corrected chi connectivity index (χ1v) is 5.77. The van der Waals surface area contributed by atoms with Crippen molar-refractivity contribution in [3.8, 4) is 0 Å². The largest absolute Gasteiger partial charge is 0.462 e. The molecule has 0 atom stereocenters. The lowest BCUT2D eigenvalue weighted by molar-refractivity contribution is 0.0530. The van der Waals surface area contributed by atoms with Crippen molar-refractivity contribution in [2.24, 2.45) is 0 Å². The highest BCUT2D eigenvalue weighted by Gasteiger charge is 2.20.